The van der Waals surface area contributed by atoms with Gasteiger partial charge in [0.25, 0.3) is 0 Å². The number of benzene rings is 1. The van der Waals surface area contributed by atoms with Gasteiger partial charge in [0.15, 0.2) is 5.56 Å². The molecule has 0 radical (unpaired) electrons. The molecule has 1 aromatic carbocycles. The van der Waals surface area contributed by atoms with Gasteiger partial charge in [-0.1, -0.05) is 23.4 Å². The van der Waals surface area contributed by atoms with Crippen molar-refractivity contribution >= 4 is 22.8 Å². The third-order valence-electron chi connectivity index (χ3n) is 3.04. The summed E-state index contributed by atoms with van der Waals surface area (Å²) in [5.41, 5.74) is 7.93. The van der Waals surface area contributed by atoms with Crippen molar-refractivity contribution in [3.63, 3.8) is 0 Å². The molecule has 0 amide bonds. The molecule has 0 fully saturated rings. The minimum atomic E-state index is -0.536. The van der Waals surface area contributed by atoms with E-state index in [1.54, 1.807) is 13.1 Å². The van der Waals surface area contributed by atoms with Crippen LogP contribution in [-0.4, -0.2) is 22.7 Å². The van der Waals surface area contributed by atoms with Gasteiger partial charge in [-0.05, 0) is 13.0 Å². The molecular weight excluding hydrogens is 258 g/mol. The van der Waals surface area contributed by atoms with E-state index in [1.807, 2.05) is 24.3 Å². The summed E-state index contributed by atoms with van der Waals surface area (Å²) in [6.07, 6.45) is 1.77. The maximum Gasteiger partial charge on any atom is 0.346 e. The predicted octanol–water partition coefficient (Wildman–Crippen LogP) is 2.58. The van der Waals surface area contributed by atoms with E-state index < -0.39 is 5.97 Å². The van der Waals surface area contributed by atoms with Gasteiger partial charge in [0.05, 0.1) is 6.61 Å². The van der Waals surface area contributed by atoms with Crippen LogP contribution in [0, 0.1) is 0 Å². The molecule has 20 heavy (non-hydrogen) atoms. The highest BCUT2D eigenvalue weighted by atomic mass is 16.5. The number of nitrogens with two attached hydrogens (primary N) is 1. The Morgan fingerprint density at radius 3 is 3.05 bits per heavy atom. The first-order valence-corrected chi connectivity index (χ1v) is 6.21. The number of hydrogen-bond donors (Lipinski definition) is 2. The summed E-state index contributed by atoms with van der Waals surface area (Å²) >= 11 is 0. The number of nitrogen functional groups attached to an aromatic ring is 1. The molecule has 0 aliphatic carbocycles. The number of H-pyrrole nitrogens is 1. The Hall–Kier alpha value is -2.76. The molecule has 0 bridgehead atoms. The summed E-state index contributed by atoms with van der Waals surface area (Å²) in [5, 5.41) is 4.83. The highest BCUT2D eigenvalue weighted by Gasteiger charge is 2.25. The van der Waals surface area contributed by atoms with Crippen molar-refractivity contribution in [2.45, 2.75) is 6.92 Å². The van der Waals surface area contributed by atoms with Crippen molar-refractivity contribution in [2.75, 3.05) is 12.3 Å². The zero-order valence-electron chi connectivity index (χ0n) is 10.8. The lowest BCUT2D eigenvalue weighted by Gasteiger charge is -2.01. The Morgan fingerprint density at radius 1 is 1.45 bits per heavy atom. The average molecular weight is 271 g/mol. The fourth-order valence-corrected chi connectivity index (χ4v) is 2.15. The predicted molar refractivity (Wildman–Crippen MR) is 74.2 cm³/mol. The maximum absolute atomic E-state index is 12.0. The number of aromatic nitrogens is 2. The number of ether oxygens (including phenoxy) is 1. The summed E-state index contributed by atoms with van der Waals surface area (Å²) in [5.74, 6) is -0.574. The van der Waals surface area contributed by atoms with Crippen molar-refractivity contribution in [1.29, 1.82) is 0 Å². The molecule has 102 valence electrons. The minimum Gasteiger partial charge on any atom is -0.462 e. The Kier molecular flexibility index (Phi) is 2.90. The van der Waals surface area contributed by atoms with Crippen LogP contribution in [0.5, 0.6) is 0 Å². The second-order valence-electron chi connectivity index (χ2n) is 4.24. The maximum atomic E-state index is 12.0. The van der Waals surface area contributed by atoms with Crippen LogP contribution in [0.1, 0.15) is 17.3 Å². The molecule has 3 N–H and O–H groups in total. The van der Waals surface area contributed by atoms with Crippen LogP contribution in [0.4, 0.5) is 5.88 Å². The second-order valence-corrected chi connectivity index (χ2v) is 4.24. The van der Waals surface area contributed by atoms with Gasteiger partial charge in [0.1, 0.15) is 5.69 Å². The largest absolute Gasteiger partial charge is 0.462 e. The molecular formula is C14H13N3O3. The Labute approximate surface area is 114 Å². The van der Waals surface area contributed by atoms with E-state index in [1.165, 1.54) is 0 Å². The molecule has 6 nitrogen and oxygen atoms in total. The highest BCUT2D eigenvalue weighted by molar-refractivity contribution is 6.05. The minimum absolute atomic E-state index is 0.0382. The highest BCUT2D eigenvalue weighted by Crippen LogP contribution is 2.33. The molecule has 6 heteroatoms. The molecule has 0 saturated heterocycles. The first-order valence-electron chi connectivity index (χ1n) is 6.21. The second kappa shape index (κ2) is 4.73. The van der Waals surface area contributed by atoms with Crippen LogP contribution < -0.4 is 5.73 Å². The van der Waals surface area contributed by atoms with Crippen LogP contribution in [0.3, 0.4) is 0 Å². The van der Waals surface area contributed by atoms with E-state index in [-0.39, 0.29) is 18.1 Å². The molecule has 3 aromatic rings. The van der Waals surface area contributed by atoms with Crippen LogP contribution in [0.15, 0.2) is 35.0 Å². The standard InChI is InChI=1S/C14H13N3O3/c1-2-19-14(18)11-12(17-20-13(11)15)9-7-16-10-6-4-3-5-8(9)10/h3-7,16H,2,15H2,1H3. The number of nitrogens with zero attached hydrogens (tertiary/aromatic N) is 1. The number of rotatable bonds is 3. The summed E-state index contributed by atoms with van der Waals surface area (Å²) in [6.45, 7) is 1.99. The molecule has 0 aliphatic heterocycles. The molecule has 2 heterocycles. The summed E-state index contributed by atoms with van der Waals surface area (Å²) in [4.78, 5) is 15.1. The monoisotopic (exact) mass is 271 g/mol. The summed E-state index contributed by atoms with van der Waals surface area (Å²) in [6, 6.07) is 7.70. The SMILES string of the molecule is CCOC(=O)c1c(-c2c[nH]c3ccccc23)noc1N. The van der Waals surface area contributed by atoms with E-state index in [4.69, 9.17) is 15.0 Å². The van der Waals surface area contributed by atoms with Gasteiger partial charge in [-0.3, -0.25) is 0 Å². The number of aromatic amines is 1. The topological polar surface area (TPSA) is 94.1 Å². The number of anilines is 1. The van der Waals surface area contributed by atoms with Gasteiger partial charge in [-0.2, -0.15) is 0 Å². The number of esters is 1. The Bertz CT molecular complexity index is 773. The van der Waals surface area contributed by atoms with Gasteiger partial charge in [-0.25, -0.2) is 4.79 Å². The number of hydrogen-bond acceptors (Lipinski definition) is 5. The molecule has 3 rings (SSSR count). The zero-order valence-corrected chi connectivity index (χ0v) is 10.8. The number of nitrogens with one attached hydrogen (secondary N) is 1. The summed E-state index contributed by atoms with van der Waals surface area (Å²) in [7, 11) is 0. The molecule has 0 saturated carbocycles. The Morgan fingerprint density at radius 2 is 2.25 bits per heavy atom. The lowest BCUT2D eigenvalue weighted by Crippen LogP contribution is -2.07. The zero-order chi connectivity index (χ0) is 14.1. The molecule has 0 spiro atoms. The third-order valence-corrected chi connectivity index (χ3v) is 3.04. The van der Waals surface area contributed by atoms with Crippen molar-refractivity contribution in [1.82, 2.24) is 10.1 Å². The number of fused-ring (bicyclic) bond motifs is 1. The van der Waals surface area contributed by atoms with Crippen molar-refractivity contribution in [2.24, 2.45) is 0 Å². The average Bonchev–Trinajstić information content (AvgIpc) is 3.02. The lowest BCUT2D eigenvalue weighted by atomic mass is 10.1. The van der Waals surface area contributed by atoms with E-state index in [9.17, 15) is 4.79 Å². The summed E-state index contributed by atoms with van der Waals surface area (Å²) < 4.78 is 9.94. The molecule has 0 aliphatic rings. The first kappa shape index (κ1) is 12.3. The van der Waals surface area contributed by atoms with Gasteiger partial charge in [0.2, 0.25) is 5.88 Å². The van der Waals surface area contributed by atoms with Gasteiger partial charge < -0.3 is 20.0 Å². The lowest BCUT2D eigenvalue weighted by molar-refractivity contribution is 0.0528. The van der Waals surface area contributed by atoms with Gasteiger partial charge >= 0.3 is 5.97 Å². The van der Waals surface area contributed by atoms with Crippen LogP contribution in [0.25, 0.3) is 22.2 Å². The van der Waals surface area contributed by atoms with Gasteiger partial charge in [0, 0.05) is 22.7 Å². The number of para-hydroxylation sites is 1. The number of carbonyl (C=O) groups is 1. The van der Waals surface area contributed by atoms with Crippen LogP contribution >= 0.6 is 0 Å². The van der Waals surface area contributed by atoms with E-state index in [0.29, 0.717) is 5.69 Å². The van der Waals surface area contributed by atoms with Crippen molar-refractivity contribution in [3.05, 3.63) is 36.0 Å². The molecule has 0 atom stereocenters. The quantitative estimate of drug-likeness (QED) is 0.714. The number of carbonyl (C=O) groups excluding carboxylic acids is 1. The fourth-order valence-electron chi connectivity index (χ4n) is 2.15. The van der Waals surface area contributed by atoms with E-state index in [0.717, 1.165) is 16.5 Å². The first-order chi connectivity index (χ1) is 9.72. The normalized spacial score (nSPS) is 10.8. The van der Waals surface area contributed by atoms with Crippen LogP contribution in [0.2, 0.25) is 0 Å². The van der Waals surface area contributed by atoms with E-state index in [2.05, 4.69) is 10.1 Å². The smallest absolute Gasteiger partial charge is 0.346 e. The van der Waals surface area contributed by atoms with Gasteiger partial charge in [-0.15, -0.1) is 0 Å². The van der Waals surface area contributed by atoms with Crippen LogP contribution in [-0.2, 0) is 4.74 Å². The fraction of sp³-hybridized carbons (Fsp3) is 0.143. The van der Waals surface area contributed by atoms with Crippen molar-refractivity contribution < 1.29 is 14.1 Å². The third kappa shape index (κ3) is 1.82. The Balaban J connectivity index is 2.18. The molecule has 2 aromatic heterocycles. The van der Waals surface area contributed by atoms with Crippen molar-refractivity contribution in [3.8, 4) is 11.3 Å². The van der Waals surface area contributed by atoms with E-state index >= 15 is 0 Å². The molecule has 0 unspecified atom stereocenters.